The third-order valence-electron chi connectivity index (χ3n) is 3.82. The quantitative estimate of drug-likeness (QED) is 0.819. The first-order valence-corrected chi connectivity index (χ1v) is 9.03. The summed E-state index contributed by atoms with van der Waals surface area (Å²) in [6, 6.07) is 0.0140. The number of hydrogen-bond donors (Lipinski definition) is 1. The standard InChI is InChI=1S/C13H20N2O4S2.ClH/c1-8-6-15(5-4-10(8)14)21(17,18)12-9(2)7-20-11(12)13(16)19-3;/h7-8,10H,4-6,14H2,1-3H3;1H. The second-order valence-electron chi connectivity index (χ2n) is 5.36. The molecule has 0 amide bonds. The van der Waals surface area contributed by atoms with Crippen molar-refractivity contribution < 1.29 is 17.9 Å². The zero-order valence-corrected chi connectivity index (χ0v) is 15.2. The third-order valence-corrected chi connectivity index (χ3v) is 7.08. The van der Waals surface area contributed by atoms with Crippen molar-refractivity contribution in [3.05, 3.63) is 15.8 Å². The van der Waals surface area contributed by atoms with E-state index in [2.05, 4.69) is 4.74 Å². The average Bonchev–Trinajstić information content (AvgIpc) is 2.83. The van der Waals surface area contributed by atoms with Crippen LogP contribution in [0.25, 0.3) is 0 Å². The molecule has 0 aromatic carbocycles. The van der Waals surface area contributed by atoms with Gasteiger partial charge in [-0.3, -0.25) is 0 Å². The van der Waals surface area contributed by atoms with E-state index in [1.807, 2.05) is 6.92 Å². The molecule has 1 aromatic rings. The van der Waals surface area contributed by atoms with Gasteiger partial charge >= 0.3 is 5.97 Å². The minimum Gasteiger partial charge on any atom is -0.465 e. The molecule has 9 heteroatoms. The fraction of sp³-hybridized carbons (Fsp3) is 0.615. The second kappa shape index (κ2) is 7.27. The number of carbonyl (C=O) groups excluding carboxylic acids is 1. The van der Waals surface area contributed by atoms with Gasteiger partial charge in [0.2, 0.25) is 10.0 Å². The number of nitrogens with two attached hydrogens (primary N) is 1. The van der Waals surface area contributed by atoms with Gasteiger partial charge in [-0.05, 0) is 30.2 Å². The largest absolute Gasteiger partial charge is 0.465 e. The molecule has 126 valence electrons. The summed E-state index contributed by atoms with van der Waals surface area (Å²) >= 11 is 1.10. The van der Waals surface area contributed by atoms with Gasteiger partial charge in [0.15, 0.2) is 0 Å². The Bertz CT molecular complexity index is 644. The number of piperidine rings is 1. The lowest BCUT2D eigenvalue weighted by atomic mass is 9.96. The van der Waals surface area contributed by atoms with Gasteiger partial charge in [0.25, 0.3) is 0 Å². The van der Waals surface area contributed by atoms with Crippen LogP contribution in [0.2, 0.25) is 0 Å². The van der Waals surface area contributed by atoms with E-state index < -0.39 is 16.0 Å². The molecule has 2 unspecified atom stereocenters. The van der Waals surface area contributed by atoms with E-state index in [4.69, 9.17) is 5.73 Å². The Kier molecular flexibility index (Phi) is 6.40. The molecule has 1 saturated heterocycles. The van der Waals surface area contributed by atoms with Crippen molar-refractivity contribution in [2.45, 2.75) is 31.2 Å². The Morgan fingerprint density at radius 2 is 2.14 bits per heavy atom. The number of halogens is 1. The predicted octanol–water partition coefficient (Wildman–Crippen LogP) is 1.62. The van der Waals surface area contributed by atoms with Crippen LogP contribution >= 0.6 is 23.7 Å². The van der Waals surface area contributed by atoms with Crippen LogP contribution in [-0.4, -0.2) is 44.9 Å². The van der Waals surface area contributed by atoms with Gasteiger partial charge < -0.3 is 10.5 Å². The monoisotopic (exact) mass is 368 g/mol. The van der Waals surface area contributed by atoms with Crippen LogP contribution in [0.3, 0.4) is 0 Å². The topological polar surface area (TPSA) is 89.7 Å². The summed E-state index contributed by atoms with van der Waals surface area (Å²) in [4.78, 5) is 12.0. The highest BCUT2D eigenvalue weighted by Gasteiger charge is 2.36. The van der Waals surface area contributed by atoms with Crippen molar-refractivity contribution in [1.29, 1.82) is 0 Å². The molecule has 1 aliphatic rings. The first-order valence-electron chi connectivity index (χ1n) is 6.71. The Morgan fingerprint density at radius 1 is 1.50 bits per heavy atom. The average molecular weight is 369 g/mol. The lowest BCUT2D eigenvalue weighted by Crippen LogP contribution is -2.48. The molecular formula is C13H21ClN2O4S2. The highest BCUT2D eigenvalue weighted by molar-refractivity contribution is 7.89. The summed E-state index contributed by atoms with van der Waals surface area (Å²) in [5.74, 6) is -0.525. The van der Waals surface area contributed by atoms with Crippen molar-refractivity contribution in [3.63, 3.8) is 0 Å². The van der Waals surface area contributed by atoms with E-state index in [9.17, 15) is 13.2 Å². The van der Waals surface area contributed by atoms with Gasteiger partial charge in [-0.15, -0.1) is 23.7 Å². The number of rotatable bonds is 3. The molecule has 0 radical (unpaired) electrons. The highest BCUT2D eigenvalue weighted by atomic mass is 35.5. The number of ether oxygens (including phenoxy) is 1. The zero-order chi connectivity index (χ0) is 15.8. The lowest BCUT2D eigenvalue weighted by Gasteiger charge is -2.34. The molecule has 2 N–H and O–H groups in total. The molecule has 0 bridgehead atoms. The number of carbonyl (C=O) groups is 1. The Hall–Kier alpha value is -0.670. The molecule has 2 heterocycles. The molecule has 1 aliphatic heterocycles. The minimum absolute atomic E-state index is 0. The van der Waals surface area contributed by atoms with E-state index in [1.54, 1.807) is 12.3 Å². The second-order valence-corrected chi connectivity index (χ2v) is 8.12. The fourth-order valence-electron chi connectivity index (χ4n) is 2.46. The number of methoxy groups -OCH3 is 1. The molecular weight excluding hydrogens is 348 g/mol. The molecule has 0 saturated carbocycles. The van der Waals surface area contributed by atoms with E-state index >= 15 is 0 Å². The maximum Gasteiger partial charge on any atom is 0.349 e. The van der Waals surface area contributed by atoms with Crippen LogP contribution in [-0.2, 0) is 14.8 Å². The summed E-state index contributed by atoms with van der Waals surface area (Å²) < 4.78 is 31.8. The summed E-state index contributed by atoms with van der Waals surface area (Å²) in [5, 5.41) is 1.66. The normalized spacial score (nSPS) is 22.9. The van der Waals surface area contributed by atoms with E-state index in [0.29, 0.717) is 25.1 Å². The molecule has 6 nitrogen and oxygen atoms in total. The lowest BCUT2D eigenvalue weighted by molar-refractivity contribution is 0.0602. The zero-order valence-electron chi connectivity index (χ0n) is 12.7. The first kappa shape index (κ1) is 19.4. The summed E-state index contributed by atoms with van der Waals surface area (Å²) in [7, 11) is -2.46. The van der Waals surface area contributed by atoms with Gasteiger partial charge in [0.1, 0.15) is 9.77 Å². The smallest absolute Gasteiger partial charge is 0.349 e. The van der Waals surface area contributed by atoms with Crippen LogP contribution in [0.5, 0.6) is 0 Å². The minimum atomic E-state index is -3.70. The van der Waals surface area contributed by atoms with Crippen LogP contribution < -0.4 is 5.73 Å². The molecule has 0 aliphatic carbocycles. The Balaban J connectivity index is 0.00000242. The number of esters is 1. The van der Waals surface area contributed by atoms with Crippen molar-refractivity contribution >= 4 is 39.7 Å². The number of aryl methyl sites for hydroxylation is 1. The van der Waals surface area contributed by atoms with Crippen LogP contribution in [0.1, 0.15) is 28.6 Å². The number of thiophene rings is 1. The summed E-state index contributed by atoms with van der Waals surface area (Å²) in [5.41, 5.74) is 6.51. The van der Waals surface area contributed by atoms with Gasteiger partial charge in [-0.25, -0.2) is 13.2 Å². The van der Waals surface area contributed by atoms with Crippen molar-refractivity contribution in [2.24, 2.45) is 11.7 Å². The predicted molar refractivity (Wildman–Crippen MR) is 88.2 cm³/mol. The molecule has 2 rings (SSSR count). The Labute approximate surface area is 141 Å². The molecule has 22 heavy (non-hydrogen) atoms. The summed E-state index contributed by atoms with van der Waals surface area (Å²) in [6.07, 6.45) is 0.622. The third kappa shape index (κ3) is 3.46. The van der Waals surface area contributed by atoms with E-state index in [0.717, 1.165) is 11.3 Å². The maximum absolute atomic E-state index is 12.8. The maximum atomic E-state index is 12.8. The van der Waals surface area contributed by atoms with Crippen LogP contribution in [0.4, 0.5) is 0 Å². The first-order chi connectivity index (χ1) is 9.78. The number of nitrogens with zero attached hydrogens (tertiary/aromatic N) is 1. The number of hydrogen-bond acceptors (Lipinski definition) is 6. The summed E-state index contributed by atoms with van der Waals surface area (Å²) in [6.45, 7) is 4.38. The van der Waals surface area contributed by atoms with Gasteiger partial charge in [-0.1, -0.05) is 6.92 Å². The van der Waals surface area contributed by atoms with Gasteiger partial charge in [0, 0.05) is 19.1 Å². The molecule has 2 atom stereocenters. The van der Waals surface area contributed by atoms with Crippen molar-refractivity contribution in [2.75, 3.05) is 20.2 Å². The van der Waals surface area contributed by atoms with Gasteiger partial charge in [0.05, 0.1) is 7.11 Å². The number of sulfonamides is 1. The van der Waals surface area contributed by atoms with Gasteiger partial charge in [-0.2, -0.15) is 4.31 Å². The highest BCUT2D eigenvalue weighted by Crippen LogP contribution is 2.32. The van der Waals surface area contributed by atoms with Crippen molar-refractivity contribution in [3.8, 4) is 0 Å². The van der Waals surface area contributed by atoms with E-state index in [1.165, 1.54) is 11.4 Å². The molecule has 1 aromatic heterocycles. The Morgan fingerprint density at radius 3 is 2.68 bits per heavy atom. The molecule has 0 spiro atoms. The fourth-order valence-corrected chi connectivity index (χ4v) is 5.67. The van der Waals surface area contributed by atoms with Crippen molar-refractivity contribution in [1.82, 2.24) is 4.31 Å². The van der Waals surface area contributed by atoms with Crippen LogP contribution in [0, 0.1) is 12.8 Å². The molecule has 1 fully saturated rings. The SMILES string of the molecule is COC(=O)c1scc(C)c1S(=O)(=O)N1CCC(N)C(C)C1.Cl. The van der Waals surface area contributed by atoms with Crippen LogP contribution in [0.15, 0.2) is 10.3 Å². The van der Waals surface area contributed by atoms with E-state index in [-0.39, 0.29) is 34.1 Å².